The predicted molar refractivity (Wildman–Crippen MR) is 68.7 cm³/mol. The minimum atomic E-state index is -0.0619. The first kappa shape index (κ1) is 12.4. The predicted octanol–water partition coefficient (Wildman–Crippen LogP) is 1.57. The van der Waals surface area contributed by atoms with Crippen molar-refractivity contribution >= 4 is 5.91 Å². The zero-order valence-corrected chi connectivity index (χ0v) is 10.7. The van der Waals surface area contributed by atoms with Crippen molar-refractivity contribution in [1.29, 1.82) is 5.26 Å². The third-order valence-electron chi connectivity index (χ3n) is 3.46. The highest BCUT2D eigenvalue weighted by Crippen LogP contribution is 2.25. The maximum atomic E-state index is 12.4. The van der Waals surface area contributed by atoms with Crippen molar-refractivity contribution in [3.63, 3.8) is 0 Å². The van der Waals surface area contributed by atoms with Crippen LogP contribution in [0.3, 0.4) is 0 Å². The molecule has 1 aromatic carbocycles. The van der Waals surface area contributed by atoms with Crippen molar-refractivity contribution in [2.45, 2.75) is 12.3 Å². The van der Waals surface area contributed by atoms with E-state index in [1.54, 1.807) is 29.2 Å². The molecular weight excluding hydrogens is 256 g/mol. The van der Waals surface area contributed by atoms with Gasteiger partial charge in [-0.25, -0.2) is 0 Å². The molecule has 0 bridgehead atoms. The zero-order valence-electron chi connectivity index (χ0n) is 10.7. The van der Waals surface area contributed by atoms with E-state index >= 15 is 0 Å². The second-order valence-corrected chi connectivity index (χ2v) is 4.72. The molecule has 0 N–H and O–H groups in total. The van der Waals surface area contributed by atoms with Gasteiger partial charge in [-0.15, -0.1) is 0 Å². The molecule has 0 saturated carbocycles. The highest BCUT2D eigenvalue weighted by molar-refractivity contribution is 5.94. The SMILES string of the molecule is N#Cc1cccc(C(=O)N2CC[C@H](c3ncon3)C2)c1. The minimum Gasteiger partial charge on any atom is -0.343 e. The van der Waals surface area contributed by atoms with Crippen molar-refractivity contribution in [3.05, 3.63) is 47.6 Å². The fourth-order valence-corrected chi connectivity index (χ4v) is 2.42. The van der Waals surface area contributed by atoms with Crippen molar-refractivity contribution in [1.82, 2.24) is 15.0 Å². The van der Waals surface area contributed by atoms with E-state index < -0.39 is 0 Å². The number of benzene rings is 1. The quantitative estimate of drug-likeness (QED) is 0.825. The number of amides is 1. The number of nitrogens with zero attached hydrogens (tertiary/aromatic N) is 4. The number of carbonyl (C=O) groups is 1. The van der Waals surface area contributed by atoms with E-state index in [1.807, 2.05) is 6.07 Å². The number of aromatic nitrogens is 2. The third-order valence-corrected chi connectivity index (χ3v) is 3.46. The lowest BCUT2D eigenvalue weighted by Gasteiger charge is -2.15. The third kappa shape index (κ3) is 2.26. The van der Waals surface area contributed by atoms with Crippen LogP contribution in [0.15, 0.2) is 35.2 Å². The highest BCUT2D eigenvalue weighted by Gasteiger charge is 2.30. The Morgan fingerprint density at radius 2 is 2.40 bits per heavy atom. The molecule has 1 atom stereocenters. The summed E-state index contributed by atoms with van der Waals surface area (Å²) >= 11 is 0. The number of rotatable bonds is 2. The van der Waals surface area contributed by atoms with E-state index in [4.69, 9.17) is 9.78 Å². The molecule has 3 rings (SSSR count). The number of carbonyl (C=O) groups excluding carboxylic acids is 1. The monoisotopic (exact) mass is 268 g/mol. The number of hydrogen-bond acceptors (Lipinski definition) is 5. The van der Waals surface area contributed by atoms with Crippen LogP contribution in [0.2, 0.25) is 0 Å². The molecule has 100 valence electrons. The van der Waals surface area contributed by atoms with Crippen LogP contribution >= 0.6 is 0 Å². The van der Waals surface area contributed by atoms with Gasteiger partial charge in [0.2, 0.25) is 6.39 Å². The molecule has 1 amide bonds. The van der Waals surface area contributed by atoms with Gasteiger partial charge in [-0.2, -0.15) is 10.2 Å². The van der Waals surface area contributed by atoms with Crippen molar-refractivity contribution in [2.75, 3.05) is 13.1 Å². The molecule has 6 heteroatoms. The Morgan fingerprint density at radius 1 is 1.50 bits per heavy atom. The van der Waals surface area contributed by atoms with E-state index in [1.165, 1.54) is 6.39 Å². The molecule has 0 aliphatic carbocycles. The average molecular weight is 268 g/mol. The molecule has 0 unspecified atom stereocenters. The van der Waals surface area contributed by atoms with Crippen LogP contribution < -0.4 is 0 Å². The smallest absolute Gasteiger partial charge is 0.253 e. The van der Waals surface area contributed by atoms with Gasteiger partial charge in [-0.3, -0.25) is 4.79 Å². The summed E-state index contributed by atoms with van der Waals surface area (Å²) in [6.45, 7) is 1.24. The molecule has 2 heterocycles. The van der Waals surface area contributed by atoms with Crippen molar-refractivity contribution in [3.8, 4) is 6.07 Å². The van der Waals surface area contributed by atoms with Crippen LogP contribution in [-0.2, 0) is 0 Å². The van der Waals surface area contributed by atoms with Crippen LogP contribution in [0.25, 0.3) is 0 Å². The molecule has 2 aromatic rings. The van der Waals surface area contributed by atoms with Gasteiger partial charge in [-0.1, -0.05) is 11.2 Å². The van der Waals surface area contributed by atoms with E-state index in [-0.39, 0.29) is 11.8 Å². The molecule has 0 spiro atoms. The number of hydrogen-bond donors (Lipinski definition) is 0. The molecule has 1 fully saturated rings. The van der Waals surface area contributed by atoms with Crippen molar-refractivity contribution < 1.29 is 9.32 Å². The molecule has 1 aromatic heterocycles. The molecule has 1 saturated heterocycles. The van der Waals surface area contributed by atoms with Gasteiger partial charge >= 0.3 is 0 Å². The summed E-state index contributed by atoms with van der Waals surface area (Å²) in [5, 5.41) is 12.7. The maximum absolute atomic E-state index is 12.4. The van der Waals surface area contributed by atoms with Crippen LogP contribution in [0.5, 0.6) is 0 Å². The first-order chi connectivity index (χ1) is 9.78. The van der Waals surface area contributed by atoms with Crippen LogP contribution in [0.4, 0.5) is 0 Å². The topological polar surface area (TPSA) is 83.0 Å². The van der Waals surface area contributed by atoms with Gasteiger partial charge in [0.05, 0.1) is 11.6 Å². The Labute approximate surface area is 115 Å². The Morgan fingerprint density at radius 3 is 3.15 bits per heavy atom. The largest absolute Gasteiger partial charge is 0.343 e. The fourth-order valence-electron chi connectivity index (χ4n) is 2.42. The lowest BCUT2D eigenvalue weighted by atomic mass is 10.1. The fraction of sp³-hybridized carbons (Fsp3) is 0.286. The summed E-state index contributed by atoms with van der Waals surface area (Å²) in [7, 11) is 0. The zero-order chi connectivity index (χ0) is 13.9. The van der Waals surface area contributed by atoms with Gasteiger partial charge < -0.3 is 9.42 Å². The molecule has 0 radical (unpaired) electrons. The summed E-state index contributed by atoms with van der Waals surface area (Å²) in [5.74, 6) is 0.705. The lowest BCUT2D eigenvalue weighted by Crippen LogP contribution is -2.28. The minimum absolute atomic E-state index is 0.0619. The maximum Gasteiger partial charge on any atom is 0.253 e. The summed E-state index contributed by atoms with van der Waals surface area (Å²) in [6.07, 6.45) is 2.12. The van der Waals surface area contributed by atoms with E-state index in [9.17, 15) is 4.79 Å². The lowest BCUT2D eigenvalue weighted by molar-refractivity contribution is 0.0790. The van der Waals surface area contributed by atoms with Crippen LogP contribution in [-0.4, -0.2) is 34.0 Å². The van der Waals surface area contributed by atoms with Crippen LogP contribution in [0, 0.1) is 11.3 Å². The Hall–Kier alpha value is -2.68. The Balaban J connectivity index is 1.74. The second kappa shape index (κ2) is 5.13. The first-order valence-corrected chi connectivity index (χ1v) is 6.33. The molecular formula is C14H12N4O2. The van der Waals surface area contributed by atoms with Crippen LogP contribution in [0.1, 0.15) is 34.1 Å². The highest BCUT2D eigenvalue weighted by atomic mass is 16.5. The normalized spacial score (nSPS) is 17.9. The summed E-state index contributed by atoms with van der Waals surface area (Å²) in [4.78, 5) is 18.2. The Kier molecular flexibility index (Phi) is 3.17. The molecule has 1 aliphatic rings. The van der Waals surface area contributed by atoms with Crippen molar-refractivity contribution in [2.24, 2.45) is 0 Å². The van der Waals surface area contributed by atoms with E-state index in [0.717, 1.165) is 6.42 Å². The number of nitriles is 1. The first-order valence-electron chi connectivity index (χ1n) is 6.33. The Bertz CT molecular complexity index is 660. The number of likely N-dealkylation sites (tertiary alicyclic amines) is 1. The molecule has 6 nitrogen and oxygen atoms in total. The van der Waals surface area contributed by atoms with Gasteiger partial charge in [0.25, 0.3) is 5.91 Å². The summed E-state index contributed by atoms with van der Waals surface area (Å²) < 4.78 is 4.74. The second-order valence-electron chi connectivity index (χ2n) is 4.72. The average Bonchev–Trinajstić information content (AvgIpc) is 3.17. The standard InChI is InChI=1S/C14H12N4O2/c15-7-10-2-1-3-11(6-10)14(19)18-5-4-12(8-18)13-16-9-20-17-13/h1-3,6,9,12H,4-5,8H2/t12-/m0/s1. The van der Waals surface area contributed by atoms with Gasteiger partial charge in [0.15, 0.2) is 5.82 Å². The molecule has 20 heavy (non-hydrogen) atoms. The van der Waals surface area contributed by atoms with E-state index in [0.29, 0.717) is 30.0 Å². The van der Waals surface area contributed by atoms with Gasteiger partial charge in [0, 0.05) is 24.6 Å². The van der Waals surface area contributed by atoms with Gasteiger partial charge in [-0.05, 0) is 24.6 Å². The van der Waals surface area contributed by atoms with Gasteiger partial charge in [0.1, 0.15) is 0 Å². The summed E-state index contributed by atoms with van der Waals surface area (Å²) in [6, 6.07) is 8.79. The van der Waals surface area contributed by atoms with E-state index in [2.05, 4.69) is 10.1 Å². The molecule has 1 aliphatic heterocycles. The summed E-state index contributed by atoms with van der Waals surface area (Å²) in [5.41, 5.74) is 1.03.